The van der Waals surface area contributed by atoms with E-state index in [1.54, 1.807) is 4.90 Å². The van der Waals surface area contributed by atoms with Gasteiger partial charge in [-0.05, 0) is 25.0 Å². The number of Topliss-reactive ketones (excluding diaryl/α,β-unsaturated/α-hetero) is 1. The molecule has 1 aliphatic rings. The minimum absolute atomic E-state index is 0.0522. The van der Waals surface area contributed by atoms with Crippen molar-refractivity contribution in [3.63, 3.8) is 0 Å². The molecule has 0 unspecified atom stereocenters. The minimum Gasteiger partial charge on any atom is -0.365 e. The highest BCUT2D eigenvalue weighted by molar-refractivity contribution is 5.84. The highest BCUT2D eigenvalue weighted by Crippen LogP contribution is 2.23. The Morgan fingerprint density at radius 2 is 2.17 bits per heavy atom. The number of nitrogens with zero attached hydrogens (tertiary/aromatic N) is 1. The molecule has 0 aliphatic heterocycles. The maximum Gasteiger partial charge on any atom is 0.225 e. The van der Waals surface area contributed by atoms with Crippen LogP contribution in [0.25, 0.3) is 0 Å². The van der Waals surface area contributed by atoms with Gasteiger partial charge in [0.2, 0.25) is 5.91 Å². The Balaban J connectivity index is 1.79. The number of carbonyl (C=O) groups excluding carboxylic acids is 2. The topological polar surface area (TPSA) is 53.2 Å². The van der Waals surface area contributed by atoms with Crippen LogP contribution >= 0.6 is 0 Å². The number of hydrogen-bond acceptors (Lipinski definition) is 2. The van der Waals surface area contributed by atoms with Crippen molar-refractivity contribution in [1.82, 2.24) is 9.88 Å². The largest absolute Gasteiger partial charge is 0.365 e. The highest BCUT2D eigenvalue weighted by atomic mass is 16.2. The van der Waals surface area contributed by atoms with E-state index in [-0.39, 0.29) is 11.8 Å². The smallest absolute Gasteiger partial charge is 0.225 e. The van der Waals surface area contributed by atoms with E-state index in [1.807, 2.05) is 25.4 Å². The summed E-state index contributed by atoms with van der Waals surface area (Å²) in [4.78, 5) is 28.2. The molecule has 1 heterocycles. The van der Waals surface area contributed by atoms with Crippen molar-refractivity contribution in [2.45, 2.75) is 32.1 Å². The van der Waals surface area contributed by atoms with Gasteiger partial charge < -0.3 is 9.88 Å². The fraction of sp³-hybridized carbons (Fsp3) is 0.571. The van der Waals surface area contributed by atoms with Gasteiger partial charge in [-0.1, -0.05) is 0 Å². The van der Waals surface area contributed by atoms with Crippen LogP contribution in [0.2, 0.25) is 0 Å². The Labute approximate surface area is 107 Å². The van der Waals surface area contributed by atoms with E-state index in [0.717, 1.165) is 31.5 Å². The number of hydrogen-bond donors (Lipinski definition) is 1. The van der Waals surface area contributed by atoms with Crippen LogP contribution in [0.3, 0.4) is 0 Å². The molecule has 1 fully saturated rings. The summed E-state index contributed by atoms with van der Waals surface area (Å²) >= 11 is 0. The van der Waals surface area contributed by atoms with Crippen molar-refractivity contribution in [1.29, 1.82) is 0 Å². The molecule has 0 saturated heterocycles. The Morgan fingerprint density at radius 1 is 1.44 bits per heavy atom. The number of carbonyl (C=O) groups is 2. The van der Waals surface area contributed by atoms with Gasteiger partial charge in [-0.3, -0.25) is 9.59 Å². The van der Waals surface area contributed by atoms with Gasteiger partial charge in [-0.15, -0.1) is 0 Å². The molecule has 0 atom stereocenters. The summed E-state index contributed by atoms with van der Waals surface area (Å²) in [6.45, 7) is 0.726. The molecule has 1 amide bonds. The van der Waals surface area contributed by atoms with Crippen molar-refractivity contribution in [3.8, 4) is 0 Å². The third-order valence-corrected chi connectivity index (χ3v) is 3.65. The van der Waals surface area contributed by atoms with Crippen LogP contribution < -0.4 is 0 Å². The molecule has 1 saturated carbocycles. The summed E-state index contributed by atoms with van der Waals surface area (Å²) in [5.41, 5.74) is 1.15. The van der Waals surface area contributed by atoms with Gasteiger partial charge in [0, 0.05) is 50.7 Å². The Kier molecular flexibility index (Phi) is 4.18. The van der Waals surface area contributed by atoms with Crippen molar-refractivity contribution >= 4 is 11.7 Å². The molecule has 18 heavy (non-hydrogen) atoms. The molecular formula is C14H20N2O2. The molecule has 4 heteroatoms. The lowest BCUT2D eigenvalue weighted by atomic mass is 9.87. The van der Waals surface area contributed by atoms with Crippen LogP contribution in [0.1, 0.15) is 31.4 Å². The fourth-order valence-electron chi connectivity index (χ4n) is 2.42. The molecule has 98 valence electrons. The lowest BCUT2D eigenvalue weighted by Gasteiger charge is -2.25. The van der Waals surface area contributed by atoms with Gasteiger partial charge in [0.05, 0.1) is 0 Å². The molecule has 0 radical (unpaired) electrons. The lowest BCUT2D eigenvalue weighted by Crippen LogP contribution is -2.36. The van der Waals surface area contributed by atoms with Crippen molar-refractivity contribution in [3.05, 3.63) is 24.0 Å². The predicted molar refractivity (Wildman–Crippen MR) is 69.1 cm³/mol. The molecule has 1 aromatic heterocycles. The van der Waals surface area contributed by atoms with Gasteiger partial charge in [-0.25, -0.2) is 0 Å². The zero-order valence-electron chi connectivity index (χ0n) is 10.8. The molecule has 1 aromatic rings. The van der Waals surface area contributed by atoms with Crippen molar-refractivity contribution in [2.24, 2.45) is 5.92 Å². The first-order valence-corrected chi connectivity index (χ1v) is 6.56. The standard InChI is InChI=1S/C14H20N2O2/c1-16(10-8-12-3-2-9-15-12)14(18)11-4-6-13(17)7-5-11/h2-3,9,11,15H,4-8,10H2,1H3. The van der Waals surface area contributed by atoms with Gasteiger partial charge in [0.15, 0.2) is 0 Å². The zero-order valence-corrected chi connectivity index (χ0v) is 10.8. The van der Waals surface area contributed by atoms with Crippen LogP contribution in [0.15, 0.2) is 18.3 Å². The normalized spacial score (nSPS) is 16.8. The van der Waals surface area contributed by atoms with Crippen molar-refractivity contribution in [2.75, 3.05) is 13.6 Å². The quantitative estimate of drug-likeness (QED) is 0.883. The van der Waals surface area contributed by atoms with E-state index in [2.05, 4.69) is 4.98 Å². The summed E-state index contributed by atoms with van der Waals surface area (Å²) in [7, 11) is 1.85. The second-order valence-corrected chi connectivity index (χ2v) is 5.02. The van der Waals surface area contributed by atoms with E-state index >= 15 is 0 Å². The number of nitrogens with one attached hydrogen (secondary N) is 1. The Hall–Kier alpha value is -1.58. The lowest BCUT2D eigenvalue weighted by molar-refractivity contribution is -0.136. The maximum atomic E-state index is 12.2. The minimum atomic E-state index is 0.0522. The monoisotopic (exact) mass is 248 g/mol. The number of ketones is 1. The summed E-state index contributed by atoms with van der Waals surface area (Å²) in [6, 6.07) is 3.99. The van der Waals surface area contributed by atoms with E-state index in [0.29, 0.717) is 18.6 Å². The molecule has 1 N–H and O–H groups in total. The molecule has 4 nitrogen and oxygen atoms in total. The van der Waals surface area contributed by atoms with Gasteiger partial charge in [0.25, 0.3) is 0 Å². The number of likely N-dealkylation sites (N-methyl/N-ethyl adjacent to an activating group) is 1. The molecule has 0 bridgehead atoms. The van der Waals surface area contributed by atoms with Gasteiger partial charge in [0.1, 0.15) is 5.78 Å². The summed E-state index contributed by atoms with van der Waals surface area (Å²) in [6.07, 6.45) is 5.33. The Morgan fingerprint density at radius 3 is 2.78 bits per heavy atom. The van der Waals surface area contributed by atoms with Gasteiger partial charge in [-0.2, -0.15) is 0 Å². The van der Waals surface area contributed by atoms with E-state index in [1.165, 1.54) is 0 Å². The predicted octanol–water partition coefficient (Wildman–Crippen LogP) is 1.77. The second-order valence-electron chi connectivity index (χ2n) is 5.02. The van der Waals surface area contributed by atoms with Crippen LogP contribution in [0.5, 0.6) is 0 Å². The molecule has 1 aliphatic carbocycles. The first-order valence-electron chi connectivity index (χ1n) is 6.56. The number of rotatable bonds is 4. The number of aromatic nitrogens is 1. The highest BCUT2D eigenvalue weighted by Gasteiger charge is 2.26. The fourth-order valence-corrected chi connectivity index (χ4v) is 2.42. The van der Waals surface area contributed by atoms with Gasteiger partial charge >= 0.3 is 0 Å². The molecular weight excluding hydrogens is 228 g/mol. The number of H-pyrrole nitrogens is 1. The second kappa shape index (κ2) is 5.85. The molecule has 0 spiro atoms. The van der Waals surface area contributed by atoms with E-state index in [9.17, 15) is 9.59 Å². The van der Waals surface area contributed by atoms with E-state index < -0.39 is 0 Å². The zero-order chi connectivity index (χ0) is 13.0. The van der Waals surface area contributed by atoms with Crippen LogP contribution in [-0.4, -0.2) is 35.2 Å². The average molecular weight is 248 g/mol. The average Bonchev–Trinajstić information content (AvgIpc) is 2.89. The first-order chi connectivity index (χ1) is 8.66. The van der Waals surface area contributed by atoms with Crippen LogP contribution in [0.4, 0.5) is 0 Å². The summed E-state index contributed by atoms with van der Waals surface area (Å²) in [5.74, 6) is 0.540. The van der Waals surface area contributed by atoms with Crippen LogP contribution in [0, 0.1) is 5.92 Å². The van der Waals surface area contributed by atoms with E-state index in [4.69, 9.17) is 0 Å². The summed E-state index contributed by atoms with van der Waals surface area (Å²) in [5, 5.41) is 0. The first kappa shape index (κ1) is 12.9. The molecule has 0 aromatic carbocycles. The third-order valence-electron chi connectivity index (χ3n) is 3.65. The van der Waals surface area contributed by atoms with Crippen LogP contribution in [-0.2, 0) is 16.0 Å². The molecule has 2 rings (SSSR count). The number of aromatic amines is 1. The third kappa shape index (κ3) is 3.22. The van der Waals surface area contributed by atoms with Crippen molar-refractivity contribution < 1.29 is 9.59 Å². The number of amides is 1. The maximum absolute atomic E-state index is 12.2. The summed E-state index contributed by atoms with van der Waals surface area (Å²) < 4.78 is 0. The Bertz CT molecular complexity index is 401. The SMILES string of the molecule is CN(CCc1ccc[nH]1)C(=O)C1CCC(=O)CC1.